The molecule has 0 aliphatic carbocycles. The highest BCUT2D eigenvalue weighted by molar-refractivity contribution is 6.14. The maximum Gasteiger partial charge on any atom is 0.290 e. The van der Waals surface area contributed by atoms with Gasteiger partial charge in [-0.3, -0.25) is 9.59 Å². The first kappa shape index (κ1) is 24.9. The number of methoxy groups -OCH3 is 1. The third-order valence-electron chi connectivity index (χ3n) is 5.96. The van der Waals surface area contributed by atoms with Crippen LogP contribution in [0.1, 0.15) is 42.7 Å². The number of hydrogen-bond donors (Lipinski definition) is 1. The van der Waals surface area contributed by atoms with Crippen molar-refractivity contribution in [3.8, 4) is 11.5 Å². The number of amides is 1. The van der Waals surface area contributed by atoms with E-state index >= 15 is 0 Å². The van der Waals surface area contributed by atoms with Crippen LogP contribution in [0.5, 0.6) is 11.5 Å². The van der Waals surface area contributed by atoms with E-state index in [1.807, 2.05) is 30.3 Å². The number of ketones is 1. The summed E-state index contributed by atoms with van der Waals surface area (Å²) in [5.74, 6) is -0.0969. The Morgan fingerprint density at radius 3 is 2.61 bits per heavy atom. The fourth-order valence-corrected chi connectivity index (χ4v) is 4.11. The minimum atomic E-state index is -0.839. The van der Waals surface area contributed by atoms with E-state index in [4.69, 9.17) is 13.9 Å². The van der Waals surface area contributed by atoms with E-state index in [0.717, 1.165) is 18.4 Å². The Labute approximate surface area is 210 Å². The third kappa shape index (κ3) is 5.35. The molecule has 1 unspecified atom stereocenters. The Morgan fingerprint density at radius 2 is 1.92 bits per heavy atom. The lowest BCUT2D eigenvalue weighted by Crippen LogP contribution is -2.30. The largest absolute Gasteiger partial charge is 0.503 e. The number of benzene rings is 2. The van der Waals surface area contributed by atoms with Crippen LogP contribution < -0.4 is 9.47 Å². The van der Waals surface area contributed by atoms with Crippen molar-refractivity contribution >= 4 is 17.8 Å². The molecule has 1 aromatic heterocycles. The van der Waals surface area contributed by atoms with Crippen LogP contribution in [-0.2, 0) is 16.1 Å². The summed E-state index contributed by atoms with van der Waals surface area (Å²) in [6.07, 6.45) is 6.44. The summed E-state index contributed by atoms with van der Waals surface area (Å²) in [5.41, 5.74) is 1.44. The number of allylic oxidation sites excluding steroid dienone is 1. The first-order valence-corrected chi connectivity index (χ1v) is 11.9. The SMILES string of the molecule is CCCCOc1ccc(C2C(C(=O)/C=C/c3ccccc3)=C(O)C(=O)N2Cc2ccco2)cc1OC. The van der Waals surface area contributed by atoms with Gasteiger partial charge in [0.2, 0.25) is 0 Å². The maximum absolute atomic E-state index is 13.3. The van der Waals surface area contributed by atoms with Crippen LogP contribution in [0, 0.1) is 0 Å². The molecule has 1 N–H and O–H groups in total. The van der Waals surface area contributed by atoms with Gasteiger partial charge in [0.15, 0.2) is 23.0 Å². The van der Waals surface area contributed by atoms with Gasteiger partial charge in [0.1, 0.15) is 5.76 Å². The Bertz CT molecular complexity index is 1260. The lowest BCUT2D eigenvalue weighted by Gasteiger charge is -2.26. The Balaban J connectivity index is 1.72. The molecule has 0 fully saturated rings. The smallest absolute Gasteiger partial charge is 0.290 e. The molecule has 1 aliphatic rings. The average molecular weight is 488 g/mol. The molecule has 0 saturated heterocycles. The summed E-state index contributed by atoms with van der Waals surface area (Å²) in [6.45, 7) is 2.71. The molecule has 0 radical (unpaired) electrons. The third-order valence-corrected chi connectivity index (χ3v) is 5.96. The Hall–Kier alpha value is -4.26. The fourth-order valence-electron chi connectivity index (χ4n) is 4.11. The molecule has 1 aliphatic heterocycles. The second kappa shape index (κ2) is 11.4. The van der Waals surface area contributed by atoms with Gasteiger partial charge in [0.25, 0.3) is 5.91 Å². The monoisotopic (exact) mass is 487 g/mol. The van der Waals surface area contributed by atoms with Crippen LogP contribution in [0.3, 0.4) is 0 Å². The molecule has 7 nitrogen and oxygen atoms in total. The van der Waals surface area contributed by atoms with Gasteiger partial charge in [-0.25, -0.2) is 0 Å². The van der Waals surface area contributed by atoms with Crippen molar-refractivity contribution in [2.45, 2.75) is 32.4 Å². The highest BCUT2D eigenvalue weighted by Crippen LogP contribution is 2.41. The minimum Gasteiger partial charge on any atom is -0.503 e. The number of carbonyl (C=O) groups is 2. The summed E-state index contributed by atoms with van der Waals surface area (Å²) in [6, 6.07) is 17.2. The van der Waals surface area contributed by atoms with Gasteiger partial charge in [-0.1, -0.05) is 55.8 Å². The molecule has 1 atom stereocenters. The van der Waals surface area contributed by atoms with E-state index in [9.17, 15) is 14.7 Å². The van der Waals surface area contributed by atoms with Crippen molar-refractivity contribution in [1.82, 2.24) is 4.90 Å². The minimum absolute atomic E-state index is 0.000409. The summed E-state index contributed by atoms with van der Waals surface area (Å²) >= 11 is 0. The van der Waals surface area contributed by atoms with Gasteiger partial charge >= 0.3 is 0 Å². The molecule has 0 bridgehead atoms. The lowest BCUT2D eigenvalue weighted by molar-refractivity contribution is -0.130. The van der Waals surface area contributed by atoms with Crippen molar-refractivity contribution in [2.24, 2.45) is 0 Å². The molecular weight excluding hydrogens is 458 g/mol. The van der Waals surface area contributed by atoms with E-state index in [2.05, 4.69) is 6.92 Å². The fraction of sp³-hybridized carbons (Fsp3) is 0.241. The Kier molecular flexibility index (Phi) is 7.90. The molecule has 3 aromatic rings. The normalized spacial score (nSPS) is 15.7. The second-order valence-electron chi connectivity index (χ2n) is 8.40. The van der Waals surface area contributed by atoms with Gasteiger partial charge < -0.3 is 23.9 Å². The topological polar surface area (TPSA) is 89.2 Å². The van der Waals surface area contributed by atoms with E-state index in [1.165, 1.54) is 24.3 Å². The second-order valence-corrected chi connectivity index (χ2v) is 8.40. The zero-order valence-electron chi connectivity index (χ0n) is 20.3. The number of ether oxygens (including phenoxy) is 2. The summed E-state index contributed by atoms with van der Waals surface area (Å²) < 4.78 is 16.8. The van der Waals surface area contributed by atoms with Crippen LogP contribution in [0.25, 0.3) is 6.08 Å². The average Bonchev–Trinajstić information content (AvgIpc) is 3.50. The van der Waals surface area contributed by atoms with Crippen molar-refractivity contribution in [3.63, 3.8) is 0 Å². The zero-order chi connectivity index (χ0) is 25.5. The predicted molar refractivity (Wildman–Crippen MR) is 136 cm³/mol. The van der Waals surface area contributed by atoms with E-state index < -0.39 is 23.5 Å². The molecule has 2 heterocycles. The van der Waals surface area contributed by atoms with E-state index in [1.54, 1.807) is 36.4 Å². The zero-order valence-corrected chi connectivity index (χ0v) is 20.3. The van der Waals surface area contributed by atoms with Crippen LogP contribution in [0.2, 0.25) is 0 Å². The molecule has 36 heavy (non-hydrogen) atoms. The summed E-state index contributed by atoms with van der Waals surface area (Å²) in [4.78, 5) is 27.9. The highest BCUT2D eigenvalue weighted by atomic mass is 16.5. The molecule has 4 rings (SSSR count). The molecular formula is C29H29NO6. The van der Waals surface area contributed by atoms with Crippen molar-refractivity contribution in [2.75, 3.05) is 13.7 Å². The highest BCUT2D eigenvalue weighted by Gasteiger charge is 2.43. The number of nitrogens with zero attached hydrogens (tertiary/aromatic N) is 1. The number of aliphatic hydroxyl groups is 1. The van der Waals surface area contributed by atoms with Gasteiger partial charge in [0, 0.05) is 0 Å². The standard InChI is InChI=1S/C29H29NO6/c1-3-4-16-36-24-15-13-21(18-25(24)34-2)27-26(23(31)14-12-20-9-6-5-7-10-20)28(32)29(33)30(27)19-22-11-8-17-35-22/h5-15,17-18,27,32H,3-4,16,19H2,1-2H3/b14-12+. The van der Waals surface area contributed by atoms with Crippen LogP contribution in [-0.4, -0.2) is 35.4 Å². The van der Waals surface area contributed by atoms with Crippen LogP contribution in [0.15, 0.2) is 88.8 Å². The van der Waals surface area contributed by atoms with Crippen molar-refractivity contribution < 1.29 is 28.6 Å². The molecule has 186 valence electrons. The van der Waals surface area contributed by atoms with E-state index in [-0.39, 0.29) is 12.1 Å². The predicted octanol–water partition coefficient (Wildman–Crippen LogP) is 5.65. The maximum atomic E-state index is 13.3. The number of furan rings is 1. The number of aliphatic hydroxyl groups excluding tert-OH is 1. The molecule has 0 saturated carbocycles. The van der Waals surface area contributed by atoms with E-state index in [0.29, 0.717) is 29.4 Å². The van der Waals surface area contributed by atoms with Gasteiger partial charge in [0.05, 0.1) is 38.1 Å². The van der Waals surface area contributed by atoms with Crippen LogP contribution >= 0.6 is 0 Å². The summed E-state index contributed by atoms with van der Waals surface area (Å²) in [7, 11) is 1.54. The lowest BCUT2D eigenvalue weighted by atomic mass is 9.95. The quantitative estimate of drug-likeness (QED) is 0.278. The molecule has 2 aromatic carbocycles. The van der Waals surface area contributed by atoms with Crippen molar-refractivity contribution in [1.29, 1.82) is 0 Å². The molecule has 1 amide bonds. The first-order chi connectivity index (χ1) is 17.5. The number of hydrogen-bond acceptors (Lipinski definition) is 6. The van der Waals surface area contributed by atoms with Gasteiger partial charge in [-0.15, -0.1) is 0 Å². The van der Waals surface area contributed by atoms with Gasteiger partial charge in [-0.2, -0.15) is 0 Å². The number of carbonyl (C=O) groups excluding carboxylic acids is 2. The number of rotatable bonds is 11. The first-order valence-electron chi connectivity index (χ1n) is 11.9. The summed E-state index contributed by atoms with van der Waals surface area (Å²) in [5, 5.41) is 10.8. The Morgan fingerprint density at radius 1 is 1.11 bits per heavy atom. The van der Waals surface area contributed by atoms with Crippen LogP contribution in [0.4, 0.5) is 0 Å². The number of unbranched alkanes of at least 4 members (excludes halogenated alkanes) is 1. The van der Waals surface area contributed by atoms with Gasteiger partial charge in [-0.05, 0) is 47.9 Å². The molecule has 7 heteroatoms. The van der Waals surface area contributed by atoms with Crippen molar-refractivity contribution in [3.05, 3.63) is 101 Å². The molecule has 0 spiro atoms.